The highest BCUT2D eigenvalue weighted by molar-refractivity contribution is 5.90. The third kappa shape index (κ3) is 6.77. The summed E-state index contributed by atoms with van der Waals surface area (Å²) < 4.78 is 18.6. The number of piperidine rings is 1. The van der Waals surface area contributed by atoms with E-state index in [1.165, 1.54) is 16.7 Å². The zero-order chi connectivity index (χ0) is 30.3. The first-order valence-corrected chi connectivity index (χ1v) is 14.1. The molecule has 1 fully saturated rings. The van der Waals surface area contributed by atoms with Gasteiger partial charge in [0.25, 0.3) is 0 Å². The largest absolute Gasteiger partial charge is 0.488 e. The van der Waals surface area contributed by atoms with Crippen LogP contribution in [0, 0.1) is 13.8 Å². The summed E-state index contributed by atoms with van der Waals surface area (Å²) in [4.78, 5) is 42.1. The van der Waals surface area contributed by atoms with Gasteiger partial charge in [-0.2, -0.15) is 0 Å². The molecular formula is C33H34N4O6. The van der Waals surface area contributed by atoms with Crippen LogP contribution < -0.4 is 10.4 Å². The van der Waals surface area contributed by atoms with Crippen molar-refractivity contribution in [3.05, 3.63) is 106 Å². The smallest absolute Gasteiger partial charge is 0.412 e. The van der Waals surface area contributed by atoms with Crippen molar-refractivity contribution in [2.24, 2.45) is 0 Å². The van der Waals surface area contributed by atoms with Crippen LogP contribution >= 0.6 is 0 Å². The van der Waals surface area contributed by atoms with Crippen molar-refractivity contribution in [3.63, 3.8) is 0 Å². The van der Waals surface area contributed by atoms with Crippen molar-refractivity contribution >= 4 is 17.6 Å². The lowest BCUT2D eigenvalue weighted by Crippen LogP contribution is -2.42. The number of benzene rings is 3. The van der Waals surface area contributed by atoms with Gasteiger partial charge in [0.15, 0.2) is 5.82 Å². The van der Waals surface area contributed by atoms with E-state index in [1.54, 1.807) is 12.1 Å². The van der Waals surface area contributed by atoms with Crippen LogP contribution in [0.1, 0.15) is 41.1 Å². The molecule has 2 heterocycles. The number of carbonyl (C=O) groups excluding carboxylic acids is 2. The quantitative estimate of drug-likeness (QED) is 0.216. The van der Waals surface area contributed by atoms with E-state index in [2.05, 4.69) is 10.1 Å². The lowest BCUT2D eigenvalue weighted by atomic mass is 10.00. The number of aryl methyl sites for hydroxylation is 2. The number of carbonyl (C=O) groups is 1. The summed E-state index contributed by atoms with van der Waals surface area (Å²) >= 11 is 0. The number of hydrogen-bond acceptors (Lipinski definition) is 7. The van der Waals surface area contributed by atoms with Gasteiger partial charge in [-0.25, -0.2) is 19.1 Å². The maximum absolute atomic E-state index is 13.1. The average molecular weight is 583 g/mol. The Bertz CT molecular complexity index is 1640. The van der Waals surface area contributed by atoms with Crippen LogP contribution in [0.15, 0.2) is 77.6 Å². The molecule has 0 spiro atoms. The number of methoxy groups -OCH3 is 1. The number of aromatic nitrogens is 3. The molecule has 3 aromatic carbocycles. The van der Waals surface area contributed by atoms with E-state index in [9.17, 15) is 14.4 Å². The molecule has 0 bridgehead atoms. The molecule has 222 valence electrons. The lowest BCUT2D eigenvalue weighted by molar-refractivity contribution is -0.0537. The fraction of sp³-hybridized carbons (Fsp3) is 0.303. The summed E-state index contributed by atoms with van der Waals surface area (Å²) in [7, 11) is 1.37. The fourth-order valence-corrected chi connectivity index (χ4v) is 5.30. The molecule has 0 aliphatic carbocycles. The Morgan fingerprint density at radius 3 is 2.26 bits per heavy atom. The number of likely N-dealkylation sites (tertiary alicyclic amines) is 1. The highest BCUT2D eigenvalue weighted by Crippen LogP contribution is 2.31. The molecule has 0 saturated carbocycles. The zero-order valence-corrected chi connectivity index (χ0v) is 24.4. The Morgan fingerprint density at radius 2 is 1.65 bits per heavy atom. The number of ether oxygens (including phenoxy) is 3. The van der Waals surface area contributed by atoms with Gasteiger partial charge in [0.05, 0.1) is 6.04 Å². The molecule has 4 aromatic rings. The molecule has 1 aliphatic rings. The van der Waals surface area contributed by atoms with Crippen molar-refractivity contribution in [1.82, 2.24) is 19.7 Å². The molecule has 43 heavy (non-hydrogen) atoms. The number of H-pyrrole nitrogens is 1. The standard InChI is InChI=1S/C33H34N4O6/c1-22-18-26(19-23(2)29(22)42-21-24-10-6-4-7-11-24)28(20-38)31(41-3)43-33(40)36-16-14-27(15-17-36)37-32(39)34-30(35-37)25-12-8-5-9-13-25/h4-13,18-19,27,31H,14-17,21H2,1-3H3,(H,34,35,39)/t31-/m1/s1. The Balaban J connectivity index is 1.21. The van der Waals surface area contributed by atoms with Gasteiger partial charge in [0.2, 0.25) is 6.29 Å². The fourth-order valence-electron chi connectivity index (χ4n) is 5.30. The minimum absolute atomic E-state index is 0.0723. The molecule has 5 rings (SSSR count). The predicted molar refractivity (Wildman–Crippen MR) is 161 cm³/mol. The van der Waals surface area contributed by atoms with Crippen molar-refractivity contribution in [1.29, 1.82) is 0 Å². The molecule has 1 atom stereocenters. The van der Waals surface area contributed by atoms with E-state index >= 15 is 0 Å². The van der Waals surface area contributed by atoms with Gasteiger partial charge >= 0.3 is 11.8 Å². The molecule has 0 radical (unpaired) electrons. The van der Waals surface area contributed by atoms with E-state index in [0.717, 1.165) is 28.0 Å². The number of aromatic amines is 1. The summed E-state index contributed by atoms with van der Waals surface area (Å²) in [5.74, 6) is 3.14. The summed E-state index contributed by atoms with van der Waals surface area (Å²) in [6.07, 6.45) is -0.829. The molecule has 1 N–H and O–H groups in total. The van der Waals surface area contributed by atoms with Crippen molar-refractivity contribution in [2.45, 2.75) is 45.6 Å². The summed E-state index contributed by atoms with van der Waals surface area (Å²) in [6, 6.07) is 22.7. The molecule has 1 aromatic heterocycles. The van der Waals surface area contributed by atoms with Gasteiger partial charge in [-0.1, -0.05) is 60.7 Å². The van der Waals surface area contributed by atoms with Crippen LogP contribution in [-0.2, 0) is 20.9 Å². The molecule has 10 heteroatoms. The number of nitrogens with one attached hydrogen (secondary N) is 1. The van der Waals surface area contributed by atoms with Gasteiger partial charge in [0.1, 0.15) is 23.9 Å². The van der Waals surface area contributed by atoms with Crippen LogP contribution in [0.5, 0.6) is 5.75 Å². The van der Waals surface area contributed by atoms with Gasteiger partial charge < -0.3 is 19.1 Å². The third-order valence-electron chi connectivity index (χ3n) is 7.52. The molecule has 0 unspecified atom stereocenters. The van der Waals surface area contributed by atoms with E-state index in [4.69, 9.17) is 14.2 Å². The second-order valence-corrected chi connectivity index (χ2v) is 10.5. The summed E-state index contributed by atoms with van der Waals surface area (Å²) in [6.45, 7) is 4.91. The Labute approximate surface area is 249 Å². The maximum Gasteiger partial charge on any atom is 0.412 e. The third-order valence-corrected chi connectivity index (χ3v) is 7.52. The van der Waals surface area contributed by atoms with E-state index in [1.807, 2.05) is 80.5 Å². The zero-order valence-electron chi connectivity index (χ0n) is 24.4. The van der Waals surface area contributed by atoms with Crippen LogP contribution in [0.4, 0.5) is 4.79 Å². The summed E-state index contributed by atoms with van der Waals surface area (Å²) in [5, 5.41) is 4.49. The second kappa shape index (κ2) is 13.4. The van der Waals surface area contributed by atoms with Crippen LogP contribution in [0.2, 0.25) is 0 Å². The maximum atomic E-state index is 13.1. The van der Waals surface area contributed by atoms with Crippen molar-refractivity contribution < 1.29 is 23.8 Å². The second-order valence-electron chi connectivity index (χ2n) is 10.5. The van der Waals surface area contributed by atoms with Gasteiger partial charge in [-0.15, -0.1) is 5.10 Å². The van der Waals surface area contributed by atoms with Gasteiger partial charge in [-0.3, -0.25) is 4.98 Å². The number of nitrogens with zero attached hydrogens (tertiary/aromatic N) is 3. The van der Waals surface area contributed by atoms with E-state index in [0.29, 0.717) is 43.9 Å². The minimum atomic E-state index is -1.25. The highest BCUT2D eigenvalue weighted by Gasteiger charge is 2.30. The van der Waals surface area contributed by atoms with Crippen molar-refractivity contribution in [3.8, 4) is 17.1 Å². The number of hydrogen-bond donors (Lipinski definition) is 1. The van der Waals surface area contributed by atoms with Gasteiger partial charge in [0, 0.05) is 25.8 Å². The first-order valence-electron chi connectivity index (χ1n) is 14.1. The van der Waals surface area contributed by atoms with Crippen molar-refractivity contribution in [2.75, 3.05) is 20.2 Å². The molecule has 10 nitrogen and oxygen atoms in total. The average Bonchev–Trinajstić information content (AvgIpc) is 3.42. The lowest BCUT2D eigenvalue weighted by Gasteiger charge is -2.32. The Hall–Kier alpha value is -4.92. The Morgan fingerprint density at radius 1 is 1.02 bits per heavy atom. The van der Waals surface area contributed by atoms with Crippen LogP contribution in [0.3, 0.4) is 0 Å². The normalized spacial score (nSPS) is 14.2. The monoisotopic (exact) mass is 582 g/mol. The predicted octanol–water partition coefficient (Wildman–Crippen LogP) is 5.10. The number of rotatable bonds is 9. The first-order chi connectivity index (χ1) is 20.9. The van der Waals surface area contributed by atoms with Crippen LogP contribution in [-0.4, -0.2) is 58.2 Å². The van der Waals surface area contributed by atoms with E-state index in [-0.39, 0.29) is 17.3 Å². The molecule has 1 aliphatic heterocycles. The molecule has 1 saturated heterocycles. The summed E-state index contributed by atoms with van der Waals surface area (Å²) in [5.41, 5.74) is 3.83. The topological polar surface area (TPSA) is 116 Å². The first kappa shape index (κ1) is 29.6. The highest BCUT2D eigenvalue weighted by atomic mass is 16.7. The molecular weight excluding hydrogens is 548 g/mol. The van der Waals surface area contributed by atoms with Gasteiger partial charge in [-0.05, 0) is 61.1 Å². The SMILES string of the molecule is CO[C@H](OC(=O)N1CCC(n2nc(-c3ccccc3)[nH]c2=O)CC1)C(=C=O)c1cc(C)c(OCc2ccccc2)c(C)c1. The minimum Gasteiger partial charge on any atom is -0.488 e. The van der Waals surface area contributed by atoms with Crippen LogP contribution in [0.25, 0.3) is 17.0 Å². The number of amides is 1. The Kier molecular flexibility index (Phi) is 9.20. The van der Waals surface area contributed by atoms with E-state index < -0.39 is 12.4 Å². The molecule has 1 amide bonds.